The van der Waals surface area contributed by atoms with Crippen molar-refractivity contribution in [2.45, 2.75) is 26.2 Å². The largest absolute Gasteiger partial charge is 0.464 e. The number of carbonyl (C=O) groups excluding carboxylic acids is 1. The summed E-state index contributed by atoms with van der Waals surface area (Å²) in [6.45, 7) is 6.52. The number of hydrogen-bond acceptors (Lipinski definition) is 5. The number of hydrogen-bond donors (Lipinski definition) is 0. The van der Waals surface area contributed by atoms with Gasteiger partial charge in [-0.15, -0.1) is 22.7 Å². The molecule has 0 radical (unpaired) electrons. The molecule has 19 heavy (non-hydrogen) atoms. The maximum absolute atomic E-state index is 11.7. The number of halogens is 1. The van der Waals surface area contributed by atoms with Gasteiger partial charge in [0.05, 0.1) is 12.0 Å². The van der Waals surface area contributed by atoms with E-state index in [2.05, 4.69) is 47.8 Å². The number of esters is 1. The molecule has 0 aliphatic rings. The Kier molecular flexibility index (Phi) is 4.13. The van der Waals surface area contributed by atoms with Crippen molar-refractivity contribution in [3.8, 4) is 9.75 Å². The van der Waals surface area contributed by atoms with Crippen LogP contribution in [-0.4, -0.2) is 18.1 Å². The highest BCUT2D eigenvalue weighted by atomic mass is 79.9. The third-order valence-corrected chi connectivity index (χ3v) is 5.75. The van der Waals surface area contributed by atoms with E-state index in [0.29, 0.717) is 9.61 Å². The van der Waals surface area contributed by atoms with Crippen molar-refractivity contribution in [1.82, 2.24) is 4.98 Å². The quantitative estimate of drug-likeness (QED) is 0.728. The summed E-state index contributed by atoms with van der Waals surface area (Å²) >= 11 is 6.47. The topological polar surface area (TPSA) is 39.2 Å². The Morgan fingerprint density at radius 1 is 1.32 bits per heavy atom. The second-order valence-electron chi connectivity index (χ2n) is 5.05. The Labute approximate surface area is 128 Å². The highest BCUT2D eigenvalue weighted by Crippen LogP contribution is 2.40. The smallest absolute Gasteiger partial charge is 0.358 e. The van der Waals surface area contributed by atoms with Gasteiger partial charge in [-0.05, 0) is 33.5 Å². The normalized spacial score (nSPS) is 11.6. The van der Waals surface area contributed by atoms with E-state index in [1.807, 2.05) is 6.07 Å². The molecule has 2 aromatic heterocycles. The van der Waals surface area contributed by atoms with E-state index in [-0.39, 0.29) is 5.41 Å². The van der Waals surface area contributed by atoms with Crippen molar-refractivity contribution < 1.29 is 9.53 Å². The van der Waals surface area contributed by atoms with Gasteiger partial charge in [0.15, 0.2) is 9.61 Å². The van der Waals surface area contributed by atoms with Crippen molar-refractivity contribution >= 4 is 44.6 Å². The summed E-state index contributed by atoms with van der Waals surface area (Å²) in [5.41, 5.74) is 0.484. The van der Waals surface area contributed by atoms with Crippen LogP contribution in [0.3, 0.4) is 0 Å². The molecule has 6 heteroatoms. The van der Waals surface area contributed by atoms with Crippen LogP contribution >= 0.6 is 38.6 Å². The SMILES string of the molecule is COC(=O)c1nc(Br)sc1-c1ccc(C(C)(C)C)s1. The molecule has 2 rings (SSSR count). The van der Waals surface area contributed by atoms with E-state index < -0.39 is 5.97 Å². The second-order valence-corrected chi connectivity index (χ2v) is 8.41. The maximum atomic E-state index is 11.7. The molecule has 0 fully saturated rings. The lowest BCUT2D eigenvalue weighted by molar-refractivity contribution is 0.0595. The molecule has 2 heterocycles. The summed E-state index contributed by atoms with van der Waals surface area (Å²) in [5.74, 6) is -0.400. The molecule has 0 spiro atoms. The summed E-state index contributed by atoms with van der Waals surface area (Å²) < 4.78 is 5.46. The summed E-state index contributed by atoms with van der Waals surface area (Å²) in [6.07, 6.45) is 0. The minimum atomic E-state index is -0.400. The standard InChI is InChI=1S/C13H14BrNO2S2/c1-13(2,3)8-6-5-7(18-8)10-9(11(16)17-4)15-12(14)19-10/h5-6H,1-4H3. The Morgan fingerprint density at radius 2 is 2.00 bits per heavy atom. The molecular formula is C13H14BrNO2S2. The van der Waals surface area contributed by atoms with Crippen LogP contribution in [0.5, 0.6) is 0 Å². The van der Waals surface area contributed by atoms with E-state index in [0.717, 1.165) is 9.75 Å². The number of thiophene rings is 1. The van der Waals surface area contributed by atoms with Gasteiger partial charge in [0.1, 0.15) is 0 Å². The van der Waals surface area contributed by atoms with Crippen molar-refractivity contribution in [3.05, 3.63) is 26.6 Å². The van der Waals surface area contributed by atoms with Crippen LogP contribution in [0.25, 0.3) is 9.75 Å². The predicted molar refractivity (Wildman–Crippen MR) is 83.2 cm³/mol. The van der Waals surface area contributed by atoms with E-state index in [1.54, 1.807) is 11.3 Å². The molecule has 3 nitrogen and oxygen atoms in total. The minimum Gasteiger partial charge on any atom is -0.464 e. The molecule has 0 unspecified atom stereocenters. The lowest BCUT2D eigenvalue weighted by atomic mass is 9.95. The Hall–Kier alpha value is -0.720. The first-order valence-electron chi connectivity index (χ1n) is 5.68. The molecule has 0 saturated heterocycles. The second kappa shape index (κ2) is 5.34. The number of methoxy groups -OCH3 is 1. The first-order chi connectivity index (χ1) is 8.82. The van der Waals surface area contributed by atoms with Crippen LogP contribution < -0.4 is 0 Å². The zero-order chi connectivity index (χ0) is 14.2. The van der Waals surface area contributed by atoms with Crippen LogP contribution in [0, 0.1) is 0 Å². The van der Waals surface area contributed by atoms with Crippen LogP contribution in [0.15, 0.2) is 16.0 Å². The lowest BCUT2D eigenvalue weighted by Crippen LogP contribution is -2.07. The van der Waals surface area contributed by atoms with E-state index in [1.165, 1.54) is 23.3 Å². The van der Waals surface area contributed by atoms with Crippen molar-refractivity contribution in [3.63, 3.8) is 0 Å². The molecule has 0 aromatic carbocycles. The molecule has 0 atom stereocenters. The average molecular weight is 360 g/mol. The summed E-state index contributed by atoms with van der Waals surface area (Å²) in [5, 5.41) is 0. The zero-order valence-corrected chi connectivity index (χ0v) is 14.3. The lowest BCUT2D eigenvalue weighted by Gasteiger charge is -2.15. The van der Waals surface area contributed by atoms with E-state index in [4.69, 9.17) is 4.74 Å². The van der Waals surface area contributed by atoms with Gasteiger partial charge in [0.2, 0.25) is 0 Å². The predicted octanol–water partition coefficient (Wildman–Crippen LogP) is 4.72. The van der Waals surface area contributed by atoms with Gasteiger partial charge in [0, 0.05) is 9.75 Å². The van der Waals surface area contributed by atoms with Gasteiger partial charge in [-0.25, -0.2) is 9.78 Å². The van der Waals surface area contributed by atoms with Crippen molar-refractivity contribution in [1.29, 1.82) is 0 Å². The highest BCUT2D eigenvalue weighted by molar-refractivity contribution is 9.11. The molecule has 0 bridgehead atoms. The third-order valence-electron chi connectivity index (χ3n) is 2.55. The number of ether oxygens (including phenoxy) is 1. The Morgan fingerprint density at radius 3 is 2.53 bits per heavy atom. The molecule has 2 aromatic rings. The minimum absolute atomic E-state index is 0.107. The monoisotopic (exact) mass is 359 g/mol. The fraction of sp³-hybridized carbons (Fsp3) is 0.385. The Balaban J connectivity index is 2.47. The average Bonchev–Trinajstić information content (AvgIpc) is 2.92. The number of nitrogens with zero attached hydrogens (tertiary/aromatic N) is 1. The number of aromatic nitrogens is 1. The van der Waals surface area contributed by atoms with Gasteiger partial charge in [-0.1, -0.05) is 20.8 Å². The number of carbonyl (C=O) groups is 1. The van der Waals surface area contributed by atoms with E-state index >= 15 is 0 Å². The van der Waals surface area contributed by atoms with Gasteiger partial charge >= 0.3 is 5.97 Å². The molecule has 0 aliphatic heterocycles. The van der Waals surface area contributed by atoms with Gasteiger partial charge in [0.25, 0.3) is 0 Å². The van der Waals surface area contributed by atoms with Crippen molar-refractivity contribution in [2.24, 2.45) is 0 Å². The van der Waals surface area contributed by atoms with Crippen molar-refractivity contribution in [2.75, 3.05) is 7.11 Å². The van der Waals surface area contributed by atoms with E-state index in [9.17, 15) is 4.79 Å². The first kappa shape index (κ1) is 14.7. The maximum Gasteiger partial charge on any atom is 0.358 e. The highest BCUT2D eigenvalue weighted by Gasteiger charge is 2.23. The van der Waals surface area contributed by atoms with Gasteiger partial charge in [-0.2, -0.15) is 0 Å². The molecule has 0 aliphatic carbocycles. The molecule has 0 N–H and O–H groups in total. The van der Waals surface area contributed by atoms with Gasteiger partial charge < -0.3 is 4.74 Å². The van der Waals surface area contributed by atoms with Crippen LogP contribution in [0.2, 0.25) is 0 Å². The first-order valence-corrected chi connectivity index (χ1v) is 8.11. The molecule has 0 amide bonds. The summed E-state index contributed by atoms with van der Waals surface area (Å²) in [6, 6.07) is 4.15. The number of thiazole rings is 1. The summed E-state index contributed by atoms with van der Waals surface area (Å²) in [7, 11) is 1.37. The number of rotatable bonds is 2. The molecule has 0 saturated carbocycles. The zero-order valence-electron chi connectivity index (χ0n) is 11.1. The van der Waals surface area contributed by atoms with Crippen LogP contribution in [0.4, 0.5) is 0 Å². The molecule has 102 valence electrons. The third kappa shape index (κ3) is 3.07. The summed E-state index contributed by atoms with van der Waals surface area (Å²) in [4.78, 5) is 19.1. The fourth-order valence-corrected chi connectivity index (χ4v) is 4.18. The fourth-order valence-electron chi connectivity index (χ4n) is 1.56. The van der Waals surface area contributed by atoms with Crippen LogP contribution in [-0.2, 0) is 10.2 Å². The molecular weight excluding hydrogens is 346 g/mol. The van der Waals surface area contributed by atoms with Gasteiger partial charge in [-0.3, -0.25) is 0 Å². The Bertz CT molecular complexity index is 610. The van der Waals surface area contributed by atoms with Crippen LogP contribution in [0.1, 0.15) is 36.1 Å².